The molecule has 2 aromatic heterocycles. The second-order valence-electron chi connectivity index (χ2n) is 3.83. The van der Waals surface area contributed by atoms with Crippen LogP contribution in [0.3, 0.4) is 0 Å². The van der Waals surface area contributed by atoms with Gasteiger partial charge in [-0.15, -0.1) is 0 Å². The van der Waals surface area contributed by atoms with E-state index in [0.29, 0.717) is 17.9 Å². The van der Waals surface area contributed by atoms with E-state index in [1.807, 2.05) is 0 Å². The van der Waals surface area contributed by atoms with Crippen LogP contribution < -0.4 is 10.2 Å². The van der Waals surface area contributed by atoms with E-state index in [9.17, 15) is 9.59 Å². The van der Waals surface area contributed by atoms with Crippen molar-refractivity contribution in [2.75, 3.05) is 11.4 Å². The topological polar surface area (TPSA) is 79.6 Å². The first kappa shape index (κ1) is 11.1. The highest BCUT2D eigenvalue weighted by molar-refractivity contribution is 9.10. The van der Waals surface area contributed by atoms with Gasteiger partial charge in [-0.05, 0) is 15.9 Å². The summed E-state index contributed by atoms with van der Waals surface area (Å²) in [5.74, 6) is -0.261. The van der Waals surface area contributed by atoms with Crippen LogP contribution in [0.25, 0.3) is 5.65 Å². The van der Waals surface area contributed by atoms with Crippen molar-refractivity contribution in [3.05, 3.63) is 23.1 Å². The number of nitrogens with one attached hydrogen (secondary N) is 1. The minimum absolute atomic E-state index is 0.261. The molecule has 3 rings (SSSR count). The molecular weight excluding hydrogens is 302 g/mol. The lowest BCUT2D eigenvalue weighted by Gasteiger charge is -2.24. The number of fused-ring (bicyclic) bond motifs is 1. The highest BCUT2D eigenvalue weighted by atomic mass is 79.9. The third-order valence-electron chi connectivity index (χ3n) is 2.65. The van der Waals surface area contributed by atoms with Gasteiger partial charge < -0.3 is 0 Å². The minimum atomic E-state index is -0.439. The van der Waals surface area contributed by atoms with E-state index in [2.05, 4.69) is 31.3 Å². The van der Waals surface area contributed by atoms with Crippen LogP contribution in [0.15, 0.2) is 23.1 Å². The number of rotatable bonds is 1. The zero-order chi connectivity index (χ0) is 12.7. The predicted molar refractivity (Wildman–Crippen MR) is 66.2 cm³/mol. The second-order valence-corrected chi connectivity index (χ2v) is 4.74. The van der Waals surface area contributed by atoms with Gasteiger partial charge in [-0.2, -0.15) is 5.10 Å². The van der Waals surface area contributed by atoms with Gasteiger partial charge >= 0.3 is 6.03 Å². The Morgan fingerprint density at radius 2 is 2.17 bits per heavy atom. The number of imide groups is 1. The zero-order valence-electron chi connectivity index (χ0n) is 9.13. The molecule has 2 aromatic rings. The first-order valence-electron chi connectivity index (χ1n) is 5.25. The van der Waals surface area contributed by atoms with Gasteiger partial charge in [-0.3, -0.25) is 15.0 Å². The number of halogens is 1. The van der Waals surface area contributed by atoms with Crippen LogP contribution in [0.4, 0.5) is 10.5 Å². The summed E-state index contributed by atoms with van der Waals surface area (Å²) >= 11 is 3.30. The lowest BCUT2D eigenvalue weighted by Crippen LogP contribution is -2.49. The molecule has 0 atom stereocenters. The van der Waals surface area contributed by atoms with E-state index in [0.717, 1.165) is 4.47 Å². The summed E-state index contributed by atoms with van der Waals surface area (Å²) in [5.41, 5.74) is 1.16. The number of hydrogen-bond acceptors (Lipinski definition) is 4. The molecule has 0 unspecified atom stereocenters. The average Bonchev–Trinajstić information content (AvgIpc) is 2.72. The lowest BCUT2D eigenvalue weighted by molar-refractivity contribution is -0.120. The number of hydrogen-bond donors (Lipinski definition) is 1. The Balaban J connectivity index is 2.04. The molecule has 3 amide bonds. The van der Waals surface area contributed by atoms with E-state index in [4.69, 9.17) is 0 Å². The molecule has 0 radical (unpaired) electrons. The van der Waals surface area contributed by atoms with Crippen molar-refractivity contribution in [3.63, 3.8) is 0 Å². The largest absolute Gasteiger partial charge is 0.328 e. The van der Waals surface area contributed by atoms with Gasteiger partial charge in [-0.1, -0.05) is 0 Å². The van der Waals surface area contributed by atoms with Crippen molar-refractivity contribution in [2.24, 2.45) is 0 Å². The predicted octanol–water partition coefficient (Wildman–Crippen LogP) is 0.938. The fourth-order valence-corrected chi connectivity index (χ4v) is 2.12. The Hall–Kier alpha value is -1.96. The van der Waals surface area contributed by atoms with Crippen molar-refractivity contribution >= 4 is 39.2 Å². The normalized spacial score (nSPS) is 16.2. The van der Waals surface area contributed by atoms with Crippen LogP contribution in [-0.4, -0.2) is 33.1 Å². The van der Waals surface area contributed by atoms with Gasteiger partial charge in [0.25, 0.3) is 0 Å². The van der Waals surface area contributed by atoms with Crippen molar-refractivity contribution < 1.29 is 9.59 Å². The molecule has 0 spiro atoms. The highest BCUT2D eigenvalue weighted by Crippen LogP contribution is 2.22. The van der Waals surface area contributed by atoms with Gasteiger partial charge in [0, 0.05) is 25.4 Å². The van der Waals surface area contributed by atoms with Crippen molar-refractivity contribution in [3.8, 4) is 0 Å². The highest BCUT2D eigenvalue weighted by Gasteiger charge is 2.26. The molecule has 0 saturated carbocycles. The molecule has 92 valence electrons. The maximum Gasteiger partial charge on any atom is 0.328 e. The Bertz CT molecular complexity index is 653. The second kappa shape index (κ2) is 4.05. The molecule has 0 bridgehead atoms. The summed E-state index contributed by atoms with van der Waals surface area (Å²) in [6.07, 6.45) is 5.22. The lowest BCUT2D eigenvalue weighted by atomic mass is 10.3. The average molecular weight is 310 g/mol. The number of carbonyl (C=O) groups is 2. The van der Waals surface area contributed by atoms with Gasteiger partial charge in [0.1, 0.15) is 5.69 Å². The van der Waals surface area contributed by atoms with Gasteiger partial charge in [0.05, 0.1) is 10.7 Å². The first-order chi connectivity index (χ1) is 8.65. The Morgan fingerprint density at radius 1 is 1.33 bits per heavy atom. The molecule has 1 aliphatic rings. The monoisotopic (exact) mass is 309 g/mol. The van der Waals surface area contributed by atoms with E-state index in [1.54, 1.807) is 23.1 Å². The molecule has 1 N–H and O–H groups in total. The summed E-state index contributed by atoms with van der Waals surface area (Å²) in [7, 11) is 0. The van der Waals surface area contributed by atoms with E-state index >= 15 is 0 Å². The molecule has 8 heteroatoms. The van der Waals surface area contributed by atoms with Crippen molar-refractivity contribution in [1.82, 2.24) is 19.9 Å². The summed E-state index contributed by atoms with van der Waals surface area (Å²) < 4.78 is 2.37. The van der Waals surface area contributed by atoms with Crippen LogP contribution >= 0.6 is 15.9 Å². The Morgan fingerprint density at radius 3 is 2.94 bits per heavy atom. The van der Waals surface area contributed by atoms with Crippen LogP contribution in [0.2, 0.25) is 0 Å². The SMILES string of the molecule is O=C1CCN(c2cnn3cc(Br)cnc23)C(=O)N1. The zero-order valence-corrected chi connectivity index (χ0v) is 10.7. The Labute approximate surface area is 110 Å². The molecule has 1 saturated heterocycles. The quantitative estimate of drug-likeness (QED) is 0.850. The molecule has 1 aliphatic heterocycles. The third-order valence-corrected chi connectivity index (χ3v) is 3.06. The van der Waals surface area contributed by atoms with Crippen molar-refractivity contribution in [1.29, 1.82) is 0 Å². The van der Waals surface area contributed by atoms with E-state index < -0.39 is 6.03 Å². The van der Waals surface area contributed by atoms with Crippen LogP contribution in [0.1, 0.15) is 6.42 Å². The number of aromatic nitrogens is 3. The molecule has 0 aromatic carbocycles. The number of amides is 3. The molecular formula is C10H8BrN5O2. The smallest absolute Gasteiger partial charge is 0.288 e. The Kier molecular flexibility index (Phi) is 2.51. The van der Waals surface area contributed by atoms with Crippen LogP contribution in [-0.2, 0) is 4.79 Å². The van der Waals surface area contributed by atoms with Crippen LogP contribution in [0.5, 0.6) is 0 Å². The van der Waals surface area contributed by atoms with E-state index in [-0.39, 0.29) is 12.3 Å². The minimum Gasteiger partial charge on any atom is -0.288 e. The van der Waals surface area contributed by atoms with Gasteiger partial charge in [0.15, 0.2) is 5.65 Å². The van der Waals surface area contributed by atoms with Gasteiger partial charge in [-0.25, -0.2) is 14.3 Å². The summed E-state index contributed by atoms with van der Waals surface area (Å²) in [4.78, 5) is 28.5. The summed E-state index contributed by atoms with van der Waals surface area (Å²) in [5, 5.41) is 6.39. The number of urea groups is 1. The number of carbonyl (C=O) groups excluding carboxylic acids is 2. The van der Waals surface area contributed by atoms with Crippen molar-refractivity contribution in [2.45, 2.75) is 6.42 Å². The standard InChI is InChI=1S/C10H8BrN5O2/c11-6-3-12-9-7(4-13-16(9)5-6)15-2-1-8(17)14-10(15)18/h3-5H,1-2H2,(H,14,17,18). The fraction of sp³-hybridized carbons (Fsp3) is 0.200. The molecule has 1 fully saturated rings. The molecule has 7 nitrogen and oxygen atoms in total. The van der Waals surface area contributed by atoms with Crippen LogP contribution in [0, 0.1) is 0 Å². The van der Waals surface area contributed by atoms with E-state index in [1.165, 1.54) is 4.90 Å². The summed E-state index contributed by atoms with van der Waals surface area (Å²) in [6.45, 7) is 0.337. The maximum absolute atomic E-state index is 11.7. The maximum atomic E-state index is 11.7. The molecule has 0 aliphatic carbocycles. The third kappa shape index (κ3) is 1.74. The molecule has 18 heavy (non-hydrogen) atoms. The number of nitrogens with zero attached hydrogens (tertiary/aromatic N) is 4. The first-order valence-corrected chi connectivity index (χ1v) is 6.05. The molecule has 3 heterocycles. The van der Waals surface area contributed by atoms with Gasteiger partial charge in [0.2, 0.25) is 5.91 Å². The number of anilines is 1. The summed E-state index contributed by atoms with van der Waals surface area (Å²) in [6, 6.07) is -0.439. The fourth-order valence-electron chi connectivity index (χ4n) is 1.82.